The summed E-state index contributed by atoms with van der Waals surface area (Å²) < 4.78 is 0. The fourth-order valence-corrected chi connectivity index (χ4v) is 4.99. The van der Waals surface area contributed by atoms with E-state index in [4.69, 9.17) is 0 Å². The zero-order valence-electron chi connectivity index (χ0n) is 18.3. The number of benzene rings is 1. The van der Waals surface area contributed by atoms with E-state index in [1.807, 2.05) is 35.2 Å². The van der Waals surface area contributed by atoms with Crippen LogP contribution in [-0.2, 0) is 0 Å². The quantitative estimate of drug-likeness (QED) is 0.412. The highest BCUT2D eigenvalue weighted by molar-refractivity contribution is 5.75. The minimum Gasteiger partial charge on any atom is -0.507 e. The Morgan fingerprint density at radius 3 is 2.84 bits per heavy atom. The molecule has 5 N–H and O–H groups in total. The first-order valence-electron chi connectivity index (χ1n) is 11.2. The van der Waals surface area contributed by atoms with Crippen LogP contribution in [0.3, 0.4) is 0 Å². The molecule has 2 amide bonds. The highest BCUT2D eigenvalue weighted by Gasteiger charge is 2.38. The number of para-hydroxylation sites is 1. The standard InChI is InChI=1S/C22H31N7O3/c1-26-18(17-4-2-3-5-20(17)31)10-19-21(25-26)24-12-15-13-27(8-9-28(15)19)22(32)29-7-6-23-11-16(29)14-30/h2-5,10,15-16,23-25,30-31H,6-9,11-14H2,1H3/t15-,16?/m0/s1. The van der Waals surface area contributed by atoms with E-state index in [9.17, 15) is 15.0 Å². The monoisotopic (exact) mass is 441 g/mol. The maximum atomic E-state index is 13.2. The second-order valence-electron chi connectivity index (χ2n) is 8.67. The van der Waals surface area contributed by atoms with Gasteiger partial charge in [-0.05, 0) is 18.2 Å². The van der Waals surface area contributed by atoms with Crippen LogP contribution in [0.15, 0.2) is 41.9 Å². The molecule has 4 aliphatic rings. The van der Waals surface area contributed by atoms with Crippen molar-refractivity contribution in [2.45, 2.75) is 12.1 Å². The Kier molecular flexibility index (Phi) is 5.48. The molecule has 172 valence electrons. The highest BCUT2D eigenvalue weighted by Crippen LogP contribution is 2.33. The van der Waals surface area contributed by atoms with Crippen LogP contribution < -0.4 is 16.1 Å². The Bertz CT molecular complexity index is 949. The van der Waals surface area contributed by atoms with Crippen LogP contribution in [0.1, 0.15) is 5.56 Å². The maximum Gasteiger partial charge on any atom is 0.320 e. The van der Waals surface area contributed by atoms with Crippen LogP contribution in [0.4, 0.5) is 4.79 Å². The van der Waals surface area contributed by atoms with Gasteiger partial charge in [-0.1, -0.05) is 12.1 Å². The van der Waals surface area contributed by atoms with E-state index < -0.39 is 0 Å². The molecular formula is C22H31N7O3. The van der Waals surface area contributed by atoms with Crippen molar-refractivity contribution in [1.29, 1.82) is 0 Å². The summed E-state index contributed by atoms with van der Waals surface area (Å²) in [5.74, 6) is 1.17. The SMILES string of the molecule is CN1NC2=C(C=C1c1ccccc1O)N1CCN(C(=O)N3CCNCC3CO)C[C@@H]1CN2. The molecule has 0 spiro atoms. The predicted molar refractivity (Wildman–Crippen MR) is 120 cm³/mol. The topological polar surface area (TPSA) is 107 Å². The summed E-state index contributed by atoms with van der Waals surface area (Å²) in [6.45, 7) is 4.68. The lowest BCUT2D eigenvalue weighted by atomic mass is 10.0. The van der Waals surface area contributed by atoms with Crippen LogP contribution in [0.5, 0.6) is 5.75 Å². The van der Waals surface area contributed by atoms with E-state index in [-0.39, 0.29) is 30.5 Å². The Labute approximate surface area is 187 Å². The van der Waals surface area contributed by atoms with Crippen molar-refractivity contribution in [3.63, 3.8) is 0 Å². The maximum absolute atomic E-state index is 13.2. The molecule has 2 atom stereocenters. The minimum absolute atomic E-state index is 0.0110. The fourth-order valence-electron chi connectivity index (χ4n) is 4.99. The molecule has 10 heteroatoms. The van der Waals surface area contributed by atoms with E-state index in [2.05, 4.69) is 27.0 Å². The number of aromatic hydroxyl groups is 1. The predicted octanol–water partition coefficient (Wildman–Crippen LogP) is -0.672. The van der Waals surface area contributed by atoms with Crippen molar-refractivity contribution in [3.8, 4) is 5.75 Å². The fraction of sp³-hybridized carbons (Fsp3) is 0.500. The molecule has 0 aliphatic carbocycles. The van der Waals surface area contributed by atoms with Crippen LogP contribution in [-0.4, -0.2) is 108 Å². The first-order valence-corrected chi connectivity index (χ1v) is 11.2. The number of piperazine rings is 2. The number of phenolic OH excluding ortho intramolecular Hbond substituents is 1. The number of amides is 2. The van der Waals surface area contributed by atoms with Gasteiger partial charge in [-0.3, -0.25) is 10.4 Å². The third-order valence-corrected chi connectivity index (χ3v) is 6.73. The van der Waals surface area contributed by atoms with E-state index in [0.29, 0.717) is 26.2 Å². The number of carbonyl (C=O) groups excluding carboxylic acids is 1. The number of allylic oxidation sites excluding steroid dienone is 1. The highest BCUT2D eigenvalue weighted by atomic mass is 16.3. The molecule has 2 saturated heterocycles. The summed E-state index contributed by atoms with van der Waals surface area (Å²) in [5.41, 5.74) is 6.07. The zero-order chi connectivity index (χ0) is 22.2. The third kappa shape index (κ3) is 3.59. The van der Waals surface area contributed by atoms with Crippen molar-refractivity contribution in [2.24, 2.45) is 0 Å². The van der Waals surface area contributed by atoms with Gasteiger partial charge in [0, 0.05) is 58.4 Å². The second kappa shape index (κ2) is 8.44. The third-order valence-electron chi connectivity index (χ3n) is 6.73. The summed E-state index contributed by atoms with van der Waals surface area (Å²) in [7, 11) is 1.93. The summed E-state index contributed by atoms with van der Waals surface area (Å²) in [6, 6.07) is 7.31. The molecule has 32 heavy (non-hydrogen) atoms. The first-order chi connectivity index (χ1) is 15.6. The first kappa shape index (κ1) is 20.8. The van der Waals surface area contributed by atoms with Crippen molar-refractivity contribution < 1.29 is 15.0 Å². The van der Waals surface area contributed by atoms with Crippen LogP contribution >= 0.6 is 0 Å². The Balaban J connectivity index is 1.35. The molecule has 10 nitrogen and oxygen atoms in total. The molecule has 0 radical (unpaired) electrons. The summed E-state index contributed by atoms with van der Waals surface area (Å²) in [6.07, 6.45) is 2.09. The average molecular weight is 442 g/mol. The number of hydrogen-bond donors (Lipinski definition) is 5. The van der Waals surface area contributed by atoms with E-state index in [1.165, 1.54) is 0 Å². The van der Waals surface area contributed by atoms with Crippen LogP contribution in [0.2, 0.25) is 0 Å². The van der Waals surface area contributed by atoms with Crippen LogP contribution in [0.25, 0.3) is 5.70 Å². The number of hydrazine groups is 1. The number of carbonyl (C=O) groups is 1. The number of urea groups is 1. The summed E-state index contributed by atoms with van der Waals surface area (Å²) in [4.78, 5) is 19.3. The Morgan fingerprint density at radius 2 is 2.03 bits per heavy atom. The number of aliphatic hydroxyl groups excluding tert-OH is 1. The normalized spacial score (nSPS) is 25.5. The lowest BCUT2D eigenvalue weighted by Gasteiger charge is -2.49. The molecule has 0 saturated carbocycles. The number of nitrogens with zero attached hydrogens (tertiary/aromatic N) is 4. The van der Waals surface area contributed by atoms with Crippen molar-refractivity contribution in [2.75, 3.05) is 59.5 Å². The molecule has 2 fully saturated rings. The number of rotatable bonds is 2. The van der Waals surface area contributed by atoms with Gasteiger partial charge < -0.3 is 35.5 Å². The lowest BCUT2D eigenvalue weighted by Crippen LogP contribution is -2.65. The number of aliphatic hydroxyl groups is 1. The van der Waals surface area contributed by atoms with Gasteiger partial charge >= 0.3 is 6.03 Å². The molecule has 1 unspecified atom stereocenters. The Hall–Kier alpha value is -3.11. The molecular weight excluding hydrogens is 410 g/mol. The van der Waals surface area contributed by atoms with Gasteiger partial charge in [0.1, 0.15) is 11.6 Å². The van der Waals surface area contributed by atoms with Gasteiger partial charge in [0.15, 0.2) is 0 Å². The van der Waals surface area contributed by atoms with E-state index >= 15 is 0 Å². The number of nitrogens with one attached hydrogen (secondary N) is 3. The summed E-state index contributed by atoms with van der Waals surface area (Å²) >= 11 is 0. The van der Waals surface area contributed by atoms with E-state index in [1.54, 1.807) is 11.0 Å². The zero-order valence-corrected chi connectivity index (χ0v) is 18.3. The van der Waals surface area contributed by atoms with Crippen molar-refractivity contribution in [3.05, 3.63) is 47.4 Å². The molecule has 1 aromatic rings. The van der Waals surface area contributed by atoms with Gasteiger partial charge in [0.05, 0.1) is 30.1 Å². The van der Waals surface area contributed by atoms with E-state index in [0.717, 1.165) is 42.4 Å². The van der Waals surface area contributed by atoms with Gasteiger partial charge in [-0.25, -0.2) is 4.79 Å². The smallest absolute Gasteiger partial charge is 0.320 e. The number of fused-ring (bicyclic) bond motifs is 2. The number of phenols is 1. The van der Waals surface area contributed by atoms with Crippen molar-refractivity contribution in [1.82, 2.24) is 35.8 Å². The van der Waals surface area contributed by atoms with Gasteiger partial charge in [0.25, 0.3) is 0 Å². The largest absolute Gasteiger partial charge is 0.507 e. The molecule has 4 aliphatic heterocycles. The van der Waals surface area contributed by atoms with Gasteiger partial charge in [-0.15, -0.1) is 0 Å². The van der Waals surface area contributed by atoms with Gasteiger partial charge in [0.2, 0.25) is 0 Å². The summed E-state index contributed by atoms with van der Waals surface area (Å²) in [5, 5.41) is 28.7. The molecule has 4 heterocycles. The van der Waals surface area contributed by atoms with Crippen LogP contribution in [0, 0.1) is 0 Å². The number of hydrogen-bond acceptors (Lipinski definition) is 8. The van der Waals surface area contributed by atoms with Crippen molar-refractivity contribution >= 4 is 11.7 Å². The molecule has 0 aromatic heterocycles. The lowest BCUT2D eigenvalue weighted by molar-refractivity contribution is 0.0610. The molecule has 1 aromatic carbocycles. The molecule has 5 rings (SSSR count). The van der Waals surface area contributed by atoms with Gasteiger partial charge in [-0.2, -0.15) is 0 Å². The second-order valence-corrected chi connectivity index (χ2v) is 8.67. The Morgan fingerprint density at radius 1 is 1.19 bits per heavy atom. The minimum atomic E-state index is -0.171. The average Bonchev–Trinajstić information content (AvgIpc) is 2.83. The molecule has 0 bridgehead atoms.